The normalized spacial score (nSPS) is 23.2. The number of hydrogen-bond donors (Lipinski definition) is 3. The highest BCUT2D eigenvalue weighted by Crippen LogP contribution is 2.48. The second-order valence-electron chi connectivity index (χ2n) is 8.17. The van der Waals surface area contributed by atoms with Gasteiger partial charge in [0.2, 0.25) is 0 Å². The van der Waals surface area contributed by atoms with E-state index in [1.807, 2.05) is 91.2 Å². The van der Waals surface area contributed by atoms with Crippen LogP contribution in [0.15, 0.2) is 72.9 Å². The number of aliphatic hydroxyl groups is 2. The SMILES string of the molecule is Cc1nc2c3c(ccn2c1C)[C@@H](O)[C@](O)(Cc1ccccc1)[C@@H](c1ccccc1)N3. The number of hydrogen-bond acceptors (Lipinski definition) is 4. The van der Waals surface area contributed by atoms with Crippen LogP contribution in [-0.4, -0.2) is 25.2 Å². The van der Waals surface area contributed by atoms with Gasteiger partial charge in [-0.2, -0.15) is 0 Å². The number of fused-ring (bicyclic) bond motifs is 3. The zero-order chi connectivity index (χ0) is 20.9. The molecule has 0 unspecified atom stereocenters. The lowest BCUT2D eigenvalue weighted by atomic mass is 9.74. The quantitative estimate of drug-likeness (QED) is 0.485. The average Bonchev–Trinajstić information content (AvgIpc) is 3.06. The van der Waals surface area contributed by atoms with E-state index in [1.54, 1.807) is 0 Å². The van der Waals surface area contributed by atoms with Gasteiger partial charge < -0.3 is 19.9 Å². The van der Waals surface area contributed by atoms with Crippen molar-refractivity contribution in [1.82, 2.24) is 9.38 Å². The molecule has 5 rings (SSSR count). The van der Waals surface area contributed by atoms with E-state index in [4.69, 9.17) is 4.98 Å². The molecule has 0 aliphatic carbocycles. The van der Waals surface area contributed by atoms with Crippen molar-refractivity contribution in [3.63, 3.8) is 0 Å². The first-order valence-corrected chi connectivity index (χ1v) is 10.2. The second-order valence-corrected chi connectivity index (χ2v) is 8.17. The van der Waals surface area contributed by atoms with Crippen molar-refractivity contribution >= 4 is 11.3 Å². The Balaban J connectivity index is 1.70. The van der Waals surface area contributed by atoms with Crippen molar-refractivity contribution in [1.29, 1.82) is 0 Å². The Morgan fingerprint density at radius 1 is 1.00 bits per heavy atom. The van der Waals surface area contributed by atoms with Crippen LogP contribution >= 0.6 is 0 Å². The molecule has 152 valence electrons. The van der Waals surface area contributed by atoms with Gasteiger partial charge in [-0.25, -0.2) is 4.98 Å². The third kappa shape index (κ3) is 2.82. The summed E-state index contributed by atoms with van der Waals surface area (Å²) < 4.78 is 2.03. The van der Waals surface area contributed by atoms with Gasteiger partial charge in [0.05, 0.1) is 17.4 Å². The molecule has 1 aliphatic rings. The van der Waals surface area contributed by atoms with Gasteiger partial charge in [0, 0.05) is 23.9 Å². The summed E-state index contributed by atoms with van der Waals surface area (Å²) in [6.45, 7) is 4.01. The number of nitrogens with zero attached hydrogens (tertiary/aromatic N) is 2. The standard InChI is InChI=1S/C25H25N3O2/c1-16-17(2)28-14-13-20-21(24(28)26-16)27-22(19-11-7-4-8-12-19)25(30,23(20)29)15-18-9-5-3-6-10-18/h3-14,22-23,27,29-30H,15H2,1-2H3/t22-,23-,25+/m1/s1. The molecule has 30 heavy (non-hydrogen) atoms. The minimum Gasteiger partial charge on any atom is -0.385 e. The van der Waals surface area contributed by atoms with Gasteiger partial charge in [0.25, 0.3) is 0 Å². The zero-order valence-electron chi connectivity index (χ0n) is 17.1. The average molecular weight is 399 g/mol. The molecule has 4 aromatic rings. The summed E-state index contributed by atoms with van der Waals surface area (Å²) in [5, 5.41) is 27.0. The fourth-order valence-corrected chi connectivity index (χ4v) is 4.56. The molecule has 0 fully saturated rings. The molecule has 0 bridgehead atoms. The first-order chi connectivity index (χ1) is 14.5. The van der Waals surface area contributed by atoms with Crippen LogP contribution in [0, 0.1) is 13.8 Å². The van der Waals surface area contributed by atoms with Crippen LogP contribution < -0.4 is 5.32 Å². The maximum absolute atomic E-state index is 11.9. The molecule has 2 aromatic heterocycles. The van der Waals surface area contributed by atoms with E-state index in [0.29, 0.717) is 12.0 Å². The molecule has 5 nitrogen and oxygen atoms in total. The van der Waals surface area contributed by atoms with Crippen molar-refractivity contribution in [3.05, 3.63) is 101 Å². The van der Waals surface area contributed by atoms with E-state index < -0.39 is 17.7 Å². The zero-order valence-corrected chi connectivity index (χ0v) is 17.1. The molecule has 1 aliphatic heterocycles. The van der Waals surface area contributed by atoms with Gasteiger partial charge >= 0.3 is 0 Å². The lowest BCUT2D eigenvalue weighted by molar-refractivity contribution is -0.0943. The topological polar surface area (TPSA) is 69.8 Å². The molecular formula is C25H25N3O2. The van der Waals surface area contributed by atoms with Crippen LogP contribution in [-0.2, 0) is 6.42 Å². The van der Waals surface area contributed by atoms with Crippen molar-refractivity contribution in [2.75, 3.05) is 5.32 Å². The second kappa shape index (κ2) is 6.97. The summed E-state index contributed by atoms with van der Waals surface area (Å²) in [5.74, 6) is 0. The first kappa shape index (κ1) is 18.9. The van der Waals surface area contributed by atoms with E-state index >= 15 is 0 Å². The molecule has 2 aromatic carbocycles. The van der Waals surface area contributed by atoms with E-state index in [1.165, 1.54) is 0 Å². The van der Waals surface area contributed by atoms with Crippen LogP contribution in [0.25, 0.3) is 5.65 Å². The highest BCUT2D eigenvalue weighted by Gasteiger charge is 2.49. The first-order valence-electron chi connectivity index (χ1n) is 10.2. The summed E-state index contributed by atoms with van der Waals surface area (Å²) in [6, 6.07) is 21.0. The lowest BCUT2D eigenvalue weighted by Gasteiger charge is -2.45. The monoisotopic (exact) mass is 399 g/mol. The highest BCUT2D eigenvalue weighted by molar-refractivity contribution is 5.76. The number of benzene rings is 2. The summed E-state index contributed by atoms with van der Waals surface area (Å²) in [6.07, 6.45) is 1.17. The van der Waals surface area contributed by atoms with E-state index in [9.17, 15) is 10.2 Å². The fourth-order valence-electron chi connectivity index (χ4n) is 4.56. The Hall–Kier alpha value is -3.15. The van der Waals surface area contributed by atoms with E-state index in [-0.39, 0.29) is 0 Å². The van der Waals surface area contributed by atoms with Crippen LogP contribution in [0.4, 0.5) is 5.69 Å². The molecule has 5 heteroatoms. The van der Waals surface area contributed by atoms with E-state index in [0.717, 1.165) is 33.8 Å². The molecule has 0 radical (unpaired) electrons. The van der Waals surface area contributed by atoms with Gasteiger partial charge in [0.15, 0.2) is 5.65 Å². The smallest absolute Gasteiger partial charge is 0.161 e. The van der Waals surface area contributed by atoms with Gasteiger partial charge in [-0.15, -0.1) is 0 Å². The van der Waals surface area contributed by atoms with Gasteiger partial charge in [-0.3, -0.25) is 0 Å². The van der Waals surface area contributed by atoms with E-state index in [2.05, 4.69) is 5.32 Å². The summed E-state index contributed by atoms with van der Waals surface area (Å²) in [5.41, 5.74) is 4.67. The molecule has 0 saturated carbocycles. The van der Waals surface area contributed by atoms with Gasteiger partial charge in [-0.1, -0.05) is 60.7 Å². The van der Waals surface area contributed by atoms with Crippen LogP contribution in [0.1, 0.15) is 40.2 Å². The predicted molar refractivity (Wildman–Crippen MR) is 118 cm³/mol. The number of aliphatic hydroxyl groups excluding tert-OH is 1. The Kier molecular flexibility index (Phi) is 4.38. The maximum Gasteiger partial charge on any atom is 0.161 e. The van der Waals surface area contributed by atoms with Crippen molar-refractivity contribution in [2.24, 2.45) is 0 Å². The van der Waals surface area contributed by atoms with Crippen LogP contribution in [0.5, 0.6) is 0 Å². The van der Waals surface area contributed by atoms with Crippen molar-refractivity contribution < 1.29 is 10.2 Å². The fraction of sp³-hybridized carbons (Fsp3) is 0.240. The number of nitrogens with one attached hydrogen (secondary N) is 1. The Morgan fingerprint density at radius 2 is 1.67 bits per heavy atom. The summed E-state index contributed by atoms with van der Waals surface area (Å²) in [7, 11) is 0. The number of aromatic nitrogens is 2. The van der Waals surface area contributed by atoms with Crippen LogP contribution in [0.3, 0.4) is 0 Å². The minimum absolute atomic E-state index is 0.318. The predicted octanol–water partition coefficient (Wildman–Crippen LogP) is 4.13. The number of rotatable bonds is 3. The number of aryl methyl sites for hydroxylation is 2. The maximum atomic E-state index is 11.9. The van der Waals surface area contributed by atoms with Crippen molar-refractivity contribution in [3.8, 4) is 0 Å². The number of pyridine rings is 1. The Bertz CT molecular complexity index is 1200. The summed E-state index contributed by atoms with van der Waals surface area (Å²) >= 11 is 0. The molecule has 3 N–H and O–H groups in total. The molecular weight excluding hydrogens is 374 g/mol. The van der Waals surface area contributed by atoms with Gasteiger partial charge in [-0.05, 0) is 31.0 Å². The van der Waals surface area contributed by atoms with Crippen LogP contribution in [0.2, 0.25) is 0 Å². The number of anilines is 1. The molecule has 0 spiro atoms. The highest BCUT2D eigenvalue weighted by atomic mass is 16.3. The summed E-state index contributed by atoms with van der Waals surface area (Å²) in [4.78, 5) is 4.73. The Morgan fingerprint density at radius 3 is 2.37 bits per heavy atom. The number of imidazole rings is 1. The molecule has 0 amide bonds. The third-order valence-corrected chi connectivity index (χ3v) is 6.32. The third-order valence-electron chi connectivity index (χ3n) is 6.32. The molecule has 3 atom stereocenters. The minimum atomic E-state index is -1.43. The van der Waals surface area contributed by atoms with Crippen molar-refractivity contribution in [2.45, 2.75) is 38.0 Å². The molecule has 0 saturated heterocycles. The lowest BCUT2D eigenvalue weighted by Crippen LogP contribution is -2.50. The Labute approximate surface area is 175 Å². The molecule has 3 heterocycles. The largest absolute Gasteiger partial charge is 0.385 e. The van der Waals surface area contributed by atoms with Gasteiger partial charge in [0.1, 0.15) is 11.7 Å².